The van der Waals surface area contributed by atoms with Crippen LogP contribution in [-0.2, 0) is 6.54 Å². The number of carbonyl (C=O) groups excluding carboxylic acids is 1. The van der Waals surface area contributed by atoms with Gasteiger partial charge in [-0.2, -0.15) is 0 Å². The number of aromatic nitrogens is 2. The molecule has 0 amide bonds. The van der Waals surface area contributed by atoms with Crippen LogP contribution in [0.2, 0.25) is 0 Å². The minimum absolute atomic E-state index is 0.0855. The van der Waals surface area contributed by atoms with Gasteiger partial charge in [-0.05, 0) is 31.0 Å². The van der Waals surface area contributed by atoms with Crippen LogP contribution < -0.4 is 11.2 Å². The predicted octanol–water partition coefficient (Wildman–Crippen LogP) is 2.96. The summed E-state index contributed by atoms with van der Waals surface area (Å²) >= 11 is 0. The van der Waals surface area contributed by atoms with Gasteiger partial charge >= 0.3 is 5.69 Å². The SMILES string of the molecule is O=C(c1ccc(-c2ccccc2)c(F)c1)C1CCCN(Cc2cc(=O)[nH]c(=O)[nH]2)C1. The maximum Gasteiger partial charge on any atom is 0.325 e. The number of ketones is 1. The van der Waals surface area contributed by atoms with Gasteiger partial charge in [-0.25, -0.2) is 9.18 Å². The Labute approximate surface area is 172 Å². The van der Waals surface area contributed by atoms with Gasteiger partial charge in [0.05, 0.1) is 0 Å². The highest BCUT2D eigenvalue weighted by molar-refractivity contribution is 5.98. The number of aromatic amines is 2. The van der Waals surface area contributed by atoms with E-state index in [1.54, 1.807) is 12.1 Å². The Morgan fingerprint density at radius 2 is 1.87 bits per heavy atom. The average molecular weight is 407 g/mol. The van der Waals surface area contributed by atoms with E-state index in [1.165, 1.54) is 12.1 Å². The van der Waals surface area contributed by atoms with Crippen molar-refractivity contribution in [2.45, 2.75) is 19.4 Å². The lowest BCUT2D eigenvalue weighted by atomic mass is 9.89. The molecule has 0 spiro atoms. The van der Waals surface area contributed by atoms with Gasteiger partial charge < -0.3 is 4.98 Å². The van der Waals surface area contributed by atoms with Gasteiger partial charge in [0, 0.05) is 41.9 Å². The molecule has 6 nitrogen and oxygen atoms in total. The molecule has 1 aliphatic heterocycles. The van der Waals surface area contributed by atoms with Crippen LogP contribution in [0.5, 0.6) is 0 Å². The van der Waals surface area contributed by atoms with Crippen LogP contribution in [0, 0.1) is 11.7 Å². The number of nitrogens with zero attached hydrogens (tertiary/aromatic N) is 1. The maximum absolute atomic E-state index is 14.7. The van der Waals surface area contributed by atoms with Crippen LogP contribution >= 0.6 is 0 Å². The molecule has 2 aromatic carbocycles. The summed E-state index contributed by atoms with van der Waals surface area (Å²) in [4.78, 5) is 42.7. The zero-order valence-electron chi connectivity index (χ0n) is 16.4. The summed E-state index contributed by atoms with van der Waals surface area (Å²) in [6.45, 7) is 1.64. The van der Waals surface area contributed by atoms with Crippen molar-refractivity contribution in [1.29, 1.82) is 0 Å². The average Bonchev–Trinajstić information content (AvgIpc) is 2.73. The Kier molecular flexibility index (Phi) is 5.72. The van der Waals surface area contributed by atoms with E-state index in [2.05, 4.69) is 9.97 Å². The third-order valence-corrected chi connectivity index (χ3v) is 5.42. The largest absolute Gasteiger partial charge is 0.325 e. The van der Waals surface area contributed by atoms with E-state index >= 15 is 0 Å². The van der Waals surface area contributed by atoms with Gasteiger partial charge in [-0.15, -0.1) is 0 Å². The molecule has 1 aliphatic rings. The first kappa shape index (κ1) is 20.0. The molecular weight excluding hydrogens is 385 g/mol. The summed E-state index contributed by atoms with van der Waals surface area (Å²) in [5.74, 6) is -0.757. The molecule has 0 saturated carbocycles. The molecule has 1 aromatic heterocycles. The van der Waals surface area contributed by atoms with Crippen molar-refractivity contribution in [3.8, 4) is 11.1 Å². The Hall–Kier alpha value is -3.32. The molecule has 0 aliphatic carbocycles. The normalized spacial score (nSPS) is 17.0. The van der Waals surface area contributed by atoms with Crippen molar-refractivity contribution in [3.63, 3.8) is 0 Å². The molecule has 0 bridgehead atoms. The Bertz CT molecular complexity index is 1140. The summed E-state index contributed by atoms with van der Waals surface area (Å²) in [5.41, 5.74) is 1.11. The Balaban J connectivity index is 1.48. The highest BCUT2D eigenvalue weighted by Gasteiger charge is 2.27. The standard InChI is InChI=1S/C23H22FN3O3/c24-20-11-16(8-9-19(20)15-5-2-1-3-6-15)22(29)17-7-4-10-27(13-17)14-18-12-21(28)26-23(30)25-18/h1-3,5-6,8-9,11-12,17H,4,7,10,13-14H2,(H2,25,26,28,30). The van der Waals surface area contributed by atoms with E-state index in [0.717, 1.165) is 24.9 Å². The zero-order chi connectivity index (χ0) is 21.1. The third kappa shape index (κ3) is 4.46. The molecule has 4 rings (SSSR count). The monoisotopic (exact) mass is 407 g/mol. The van der Waals surface area contributed by atoms with Crippen LogP contribution in [0.25, 0.3) is 11.1 Å². The molecule has 2 N–H and O–H groups in total. The van der Waals surface area contributed by atoms with Crippen LogP contribution in [0.15, 0.2) is 64.2 Å². The van der Waals surface area contributed by atoms with Crippen LogP contribution in [0.1, 0.15) is 28.9 Å². The van der Waals surface area contributed by atoms with Gasteiger partial charge in [0.1, 0.15) is 5.82 Å². The second-order valence-electron chi connectivity index (χ2n) is 7.61. The summed E-state index contributed by atoms with van der Waals surface area (Å²) in [5, 5.41) is 0. The third-order valence-electron chi connectivity index (χ3n) is 5.42. The van der Waals surface area contributed by atoms with Crippen LogP contribution in [0.4, 0.5) is 4.39 Å². The first-order valence-electron chi connectivity index (χ1n) is 9.93. The van der Waals surface area contributed by atoms with Crippen molar-refractivity contribution in [1.82, 2.24) is 14.9 Å². The maximum atomic E-state index is 14.7. The smallest absolute Gasteiger partial charge is 0.310 e. The first-order valence-corrected chi connectivity index (χ1v) is 9.93. The number of rotatable bonds is 5. The number of H-pyrrole nitrogens is 2. The summed E-state index contributed by atoms with van der Waals surface area (Å²) in [6.07, 6.45) is 1.54. The molecule has 1 atom stereocenters. The molecule has 1 saturated heterocycles. The van der Waals surface area contributed by atoms with Crippen molar-refractivity contribution < 1.29 is 9.18 Å². The molecule has 0 radical (unpaired) electrons. The summed E-state index contributed by atoms with van der Waals surface area (Å²) < 4.78 is 14.7. The highest BCUT2D eigenvalue weighted by Crippen LogP contribution is 2.26. The second kappa shape index (κ2) is 8.59. The number of likely N-dealkylation sites (tertiary alicyclic amines) is 1. The van der Waals surface area contributed by atoms with Crippen molar-refractivity contribution in [3.05, 3.63) is 92.5 Å². The molecule has 2 heterocycles. The molecule has 3 aromatic rings. The molecule has 154 valence electrons. The second-order valence-corrected chi connectivity index (χ2v) is 7.61. The number of halogens is 1. The van der Waals surface area contributed by atoms with Crippen molar-refractivity contribution in [2.24, 2.45) is 5.92 Å². The van der Waals surface area contributed by atoms with E-state index in [0.29, 0.717) is 29.9 Å². The number of Topliss-reactive ketones (excluding diaryl/α,β-unsaturated/α-hetero) is 1. The summed E-state index contributed by atoms with van der Waals surface area (Å²) in [6, 6.07) is 15.2. The number of nitrogens with one attached hydrogen (secondary N) is 2. The number of hydrogen-bond acceptors (Lipinski definition) is 4. The van der Waals surface area contributed by atoms with E-state index in [1.807, 2.05) is 35.2 Å². The topological polar surface area (TPSA) is 86.0 Å². The number of carbonyl (C=O) groups is 1. The molecule has 7 heteroatoms. The lowest BCUT2D eigenvalue weighted by molar-refractivity contribution is 0.0809. The van der Waals surface area contributed by atoms with E-state index < -0.39 is 17.1 Å². The van der Waals surface area contributed by atoms with E-state index in [9.17, 15) is 18.8 Å². The number of piperidine rings is 1. The highest BCUT2D eigenvalue weighted by atomic mass is 19.1. The van der Waals surface area contributed by atoms with Gasteiger partial charge in [0.15, 0.2) is 5.78 Å². The van der Waals surface area contributed by atoms with E-state index in [4.69, 9.17) is 0 Å². The van der Waals surface area contributed by atoms with E-state index in [-0.39, 0.29) is 11.7 Å². The van der Waals surface area contributed by atoms with Gasteiger partial charge in [-0.1, -0.05) is 42.5 Å². The van der Waals surface area contributed by atoms with Crippen molar-refractivity contribution in [2.75, 3.05) is 13.1 Å². The molecule has 1 fully saturated rings. The Morgan fingerprint density at radius 1 is 1.07 bits per heavy atom. The lowest BCUT2D eigenvalue weighted by Crippen LogP contribution is -2.39. The van der Waals surface area contributed by atoms with Gasteiger partial charge in [0.2, 0.25) is 0 Å². The van der Waals surface area contributed by atoms with Gasteiger partial charge in [0.25, 0.3) is 5.56 Å². The summed E-state index contributed by atoms with van der Waals surface area (Å²) in [7, 11) is 0. The minimum Gasteiger partial charge on any atom is -0.310 e. The van der Waals surface area contributed by atoms with Gasteiger partial charge in [-0.3, -0.25) is 19.5 Å². The van der Waals surface area contributed by atoms with Crippen molar-refractivity contribution >= 4 is 5.78 Å². The lowest BCUT2D eigenvalue weighted by Gasteiger charge is -2.31. The zero-order valence-corrected chi connectivity index (χ0v) is 16.4. The fourth-order valence-electron chi connectivity index (χ4n) is 4.01. The molecule has 30 heavy (non-hydrogen) atoms. The van der Waals surface area contributed by atoms with Crippen LogP contribution in [-0.4, -0.2) is 33.7 Å². The molecule has 1 unspecified atom stereocenters. The first-order chi connectivity index (χ1) is 14.5. The fourth-order valence-corrected chi connectivity index (χ4v) is 4.01. The predicted molar refractivity (Wildman–Crippen MR) is 112 cm³/mol. The quantitative estimate of drug-likeness (QED) is 0.637. The Morgan fingerprint density at radius 3 is 2.60 bits per heavy atom. The number of benzene rings is 2. The fraction of sp³-hybridized carbons (Fsp3) is 0.261. The number of hydrogen-bond donors (Lipinski definition) is 2. The van der Waals surface area contributed by atoms with Crippen LogP contribution in [0.3, 0.4) is 0 Å². The molecular formula is C23H22FN3O3. The minimum atomic E-state index is -0.545.